The fourth-order valence-corrected chi connectivity index (χ4v) is 1.98. The summed E-state index contributed by atoms with van der Waals surface area (Å²) in [5.41, 5.74) is 1.29. The second kappa shape index (κ2) is 5.91. The number of hydrogen-bond acceptors (Lipinski definition) is 3. The molecule has 0 aliphatic heterocycles. The number of aromatic nitrogens is 1. The first kappa shape index (κ1) is 13.6. The van der Waals surface area contributed by atoms with Crippen molar-refractivity contribution in [2.24, 2.45) is 5.92 Å². The number of ether oxygens (including phenoxy) is 1. The molecule has 5 heteroatoms. The largest absolute Gasteiger partial charge is 0.461 e. The monoisotopic (exact) mass is 264 g/mol. The molecule has 1 aromatic heterocycles. The van der Waals surface area contributed by atoms with Crippen LogP contribution in [0.3, 0.4) is 0 Å². The number of carbonyl (C=O) groups is 2. The zero-order valence-corrected chi connectivity index (χ0v) is 11.4. The Morgan fingerprint density at radius 2 is 2.21 bits per heavy atom. The molecule has 0 radical (unpaired) electrons. The first-order valence-electron chi connectivity index (χ1n) is 6.71. The van der Waals surface area contributed by atoms with Gasteiger partial charge in [0.25, 0.3) is 0 Å². The second-order valence-corrected chi connectivity index (χ2v) is 4.94. The van der Waals surface area contributed by atoms with Gasteiger partial charge < -0.3 is 14.6 Å². The molecule has 5 nitrogen and oxygen atoms in total. The van der Waals surface area contributed by atoms with E-state index in [1.54, 1.807) is 17.7 Å². The first-order chi connectivity index (χ1) is 9.11. The molecule has 1 aliphatic rings. The predicted molar refractivity (Wildman–Crippen MR) is 70.9 cm³/mol. The van der Waals surface area contributed by atoms with E-state index in [1.165, 1.54) is 12.8 Å². The van der Waals surface area contributed by atoms with Gasteiger partial charge in [-0.1, -0.05) is 0 Å². The van der Waals surface area contributed by atoms with Crippen LogP contribution in [-0.4, -0.2) is 29.6 Å². The van der Waals surface area contributed by atoms with E-state index in [1.807, 2.05) is 13.0 Å². The van der Waals surface area contributed by atoms with Crippen molar-refractivity contribution in [3.8, 4) is 0 Å². The molecule has 0 bridgehead atoms. The normalized spacial score (nSPS) is 14.2. The third-order valence-corrected chi connectivity index (χ3v) is 3.23. The van der Waals surface area contributed by atoms with Gasteiger partial charge in [0.1, 0.15) is 12.2 Å². The number of aryl methyl sites for hydroxylation is 1. The maximum atomic E-state index is 11.8. The van der Waals surface area contributed by atoms with Crippen molar-refractivity contribution in [2.45, 2.75) is 33.2 Å². The van der Waals surface area contributed by atoms with Gasteiger partial charge in [0, 0.05) is 12.7 Å². The highest BCUT2D eigenvalue weighted by Crippen LogP contribution is 2.27. The second-order valence-electron chi connectivity index (χ2n) is 4.94. The summed E-state index contributed by atoms with van der Waals surface area (Å²) in [6, 6.07) is 1.82. The fraction of sp³-hybridized carbons (Fsp3) is 0.571. The number of nitrogens with one attached hydrogen (secondary N) is 1. The number of nitrogens with zero attached hydrogens (tertiary/aromatic N) is 1. The average Bonchev–Trinajstić information content (AvgIpc) is 3.12. The van der Waals surface area contributed by atoms with Crippen molar-refractivity contribution < 1.29 is 14.3 Å². The maximum absolute atomic E-state index is 11.8. The van der Waals surface area contributed by atoms with Crippen LogP contribution in [0.1, 0.15) is 35.8 Å². The quantitative estimate of drug-likeness (QED) is 0.792. The summed E-state index contributed by atoms with van der Waals surface area (Å²) in [5, 5.41) is 2.89. The van der Waals surface area contributed by atoms with E-state index in [9.17, 15) is 9.59 Å². The Kier molecular flexibility index (Phi) is 4.24. The van der Waals surface area contributed by atoms with E-state index < -0.39 is 0 Å². The van der Waals surface area contributed by atoms with Gasteiger partial charge >= 0.3 is 5.97 Å². The highest BCUT2D eigenvalue weighted by molar-refractivity contribution is 5.90. The van der Waals surface area contributed by atoms with Gasteiger partial charge in [0.15, 0.2) is 0 Å². The Morgan fingerprint density at radius 3 is 2.84 bits per heavy atom. The van der Waals surface area contributed by atoms with Crippen molar-refractivity contribution in [1.29, 1.82) is 0 Å². The molecule has 0 aromatic carbocycles. The minimum absolute atomic E-state index is 0.0620. The van der Waals surface area contributed by atoms with Crippen LogP contribution in [0.2, 0.25) is 0 Å². The number of esters is 1. The van der Waals surface area contributed by atoms with Crippen LogP contribution >= 0.6 is 0 Å². The summed E-state index contributed by atoms with van der Waals surface area (Å²) in [4.78, 5) is 23.6. The molecule has 2 rings (SSSR count). The topological polar surface area (TPSA) is 60.3 Å². The van der Waals surface area contributed by atoms with Crippen molar-refractivity contribution in [1.82, 2.24) is 9.88 Å². The molecule has 1 fully saturated rings. The maximum Gasteiger partial charge on any atom is 0.355 e. The Balaban J connectivity index is 1.98. The lowest BCUT2D eigenvalue weighted by molar-refractivity contribution is -0.121. The van der Waals surface area contributed by atoms with Crippen LogP contribution in [0, 0.1) is 12.8 Å². The molecule has 0 atom stereocenters. The van der Waals surface area contributed by atoms with Crippen LogP contribution in [0.25, 0.3) is 0 Å². The molecular weight excluding hydrogens is 244 g/mol. The molecule has 1 N–H and O–H groups in total. The zero-order chi connectivity index (χ0) is 13.8. The van der Waals surface area contributed by atoms with E-state index in [2.05, 4.69) is 5.32 Å². The summed E-state index contributed by atoms with van der Waals surface area (Å²) >= 11 is 0. The molecule has 1 aromatic rings. The van der Waals surface area contributed by atoms with Gasteiger partial charge in [0.05, 0.1) is 6.61 Å². The lowest BCUT2D eigenvalue weighted by Gasteiger charge is -2.10. The number of amides is 1. The van der Waals surface area contributed by atoms with Crippen molar-refractivity contribution in [3.05, 3.63) is 23.5 Å². The molecular formula is C14H20N2O3. The molecule has 19 heavy (non-hydrogen) atoms. The third-order valence-electron chi connectivity index (χ3n) is 3.23. The summed E-state index contributed by atoms with van der Waals surface area (Å²) in [6.07, 6.45) is 4.16. The Labute approximate surface area is 112 Å². The van der Waals surface area contributed by atoms with Gasteiger partial charge in [-0.15, -0.1) is 0 Å². The Hall–Kier alpha value is -1.78. The molecule has 0 saturated heterocycles. The fourth-order valence-electron chi connectivity index (χ4n) is 1.98. The molecule has 1 heterocycles. The van der Waals surface area contributed by atoms with Gasteiger partial charge in [-0.3, -0.25) is 4.79 Å². The third kappa shape index (κ3) is 3.59. The Morgan fingerprint density at radius 1 is 1.47 bits per heavy atom. The molecule has 104 valence electrons. The lowest BCUT2D eigenvalue weighted by Crippen LogP contribution is -2.30. The SMILES string of the molecule is CCOC(=O)c1c(C)ccn1CC(=O)NCC1CC1. The first-order valence-corrected chi connectivity index (χ1v) is 6.71. The summed E-state index contributed by atoms with van der Waals surface area (Å²) < 4.78 is 6.65. The Bertz CT molecular complexity index is 475. The van der Waals surface area contributed by atoms with E-state index in [4.69, 9.17) is 4.74 Å². The smallest absolute Gasteiger partial charge is 0.355 e. The van der Waals surface area contributed by atoms with E-state index in [-0.39, 0.29) is 18.4 Å². The highest BCUT2D eigenvalue weighted by Gasteiger charge is 2.22. The number of carbonyl (C=O) groups excluding carboxylic acids is 2. The van der Waals surface area contributed by atoms with Crippen LogP contribution in [0.4, 0.5) is 0 Å². The molecule has 0 spiro atoms. The average molecular weight is 264 g/mol. The van der Waals surface area contributed by atoms with Gasteiger partial charge in [-0.25, -0.2) is 4.79 Å². The van der Waals surface area contributed by atoms with Crippen LogP contribution in [0.15, 0.2) is 12.3 Å². The van der Waals surface area contributed by atoms with Crippen molar-refractivity contribution >= 4 is 11.9 Å². The lowest BCUT2D eigenvalue weighted by atomic mass is 10.3. The molecule has 1 saturated carbocycles. The summed E-state index contributed by atoms with van der Waals surface area (Å²) in [6.45, 7) is 4.84. The van der Waals surface area contributed by atoms with Crippen LogP contribution in [0.5, 0.6) is 0 Å². The molecule has 1 amide bonds. The summed E-state index contributed by atoms with van der Waals surface area (Å²) in [5.74, 6) is 0.216. The molecule has 0 unspecified atom stereocenters. The minimum atomic E-state index is -0.375. The highest BCUT2D eigenvalue weighted by atomic mass is 16.5. The van der Waals surface area contributed by atoms with Gasteiger partial charge in [0.2, 0.25) is 5.91 Å². The zero-order valence-electron chi connectivity index (χ0n) is 11.4. The van der Waals surface area contributed by atoms with Crippen molar-refractivity contribution in [3.63, 3.8) is 0 Å². The predicted octanol–water partition coefficient (Wildman–Crippen LogP) is 1.50. The van der Waals surface area contributed by atoms with Crippen LogP contribution < -0.4 is 5.32 Å². The number of rotatable bonds is 6. The molecule has 1 aliphatic carbocycles. The van der Waals surface area contributed by atoms with Crippen LogP contribution in [-0.2, 0) is 16.1 Å². The van der Waals surface area contributed by atoms with E-state index >= 15 is 0 Å². The van der Waals surface area contributed by atoms with E-state index in [0.29, 0.717) is 18.2 Å². The standard InChI is InChI=1S/C14H20N2O3/c1-3-19-14(18)13-10(2)6-7-16(13)9-12(17)15-8-11-4-5-11/h6-7,11H,3-5,8-9H2,1-2H3,(H,15,17). The minimum Gasteiger partial charge on any atom is -0.461 e. The number of hydrogen-bond donors (Lipinski definition) is 1. The summed E-state index contributed by atoms with van der Waals surface area (Å²) in [7, 11) is 0. The van der Waals surface area contributed by atoms with Gasteiger partial charge in [-0.05, 0) is 44.2 Å². The van der Waals surface area contributed by atoms with Crippen molar-refractivity contribution in [2.75, 3.05) is 13.2 Å². The van der Waals surface area contributed by atoms with Gasteiger partial charge in [-0.2, -0.15) is 0 Å². The van der Waals surface area contributed by atoms with E-state index in [0.717, 1.165) is 12.1 Å².